The number of carbonyl (C=O) groups is 2. The van der Waals surface area contributed by atoms with E-state index in [1.54, 1.807) is 0 Å². The van der Waals surface area contributed by atoms with E-state index in [4.69, 9.17) is 10.2 Å². The molecule has 2 aliphatic heterocycles. The molecule has 2 heterocycles. The summed E-state index contributed by atoms with van der Waals surface area (Å²) in [7, 11) is 0. The van der Waals surface area contributed by atoms with Crippen LogP contribution in [0.25, 0.3) is 0 Å². The van der Waals surface area contributed by atoms with Gasteiger partial charge in [0.2, 0.25) is 0 Å². The lowest BCUT2D eigenvalue weighted by molar-refractivity contribution is -0.139. The van der Waals surface area contributed by atoms with Gasteiger partial charge in [0, 0.05) is 18.6 Å². The van der Waals surface area contributed by atoms with Crippen molar-refractivity contribution in [3.05, 3.63) is 0 Å². The third kappa shape index (κ3) is 2.69. The third-order valence-corrected chi connectivity index (χ3v) is 3.72. The van der Waals surface area contributed by atoms with Crippen molar-refractivity contribution in [2.45, 2.75) is 50.2 Å². The second-order valence-electron chi connectivity index (χ2n) is 4.84. The van der Waals surface area contributed by atoms with Gasteiger partial charge in [0.1, 0.15) is 6.04 Å². The van der Waals surface area contributed by atoms with Gasteiger partial charge in [-0.2, -0.15) is 0 Å². The van der Waals surface area contributed by atoms with E-state index in [-0.39, 0.29) is 12.1 Å². The topological polar surface area (TPSA) is 89.9 Å². The zero-order chi connectivity index (χ0) is 12.4. The zero-order valence-corrected chi connectivity index (χ0v) is 9.63. The fourth-order valence-corrected chi connectivity index (χ4v) is 2.86. The smallest absolute Gasteiger partial charge is 0.407 e. The summed E-state index contributed by atoms with van der Waals surface area (Å²) in [6, 6.07) is -0.265. The number of hydrogen-bond donors (Lipinski definition) is 3. The minimum absolute atomic E-state index is 0.0533. The molecule has 17 heavy (non-hydrogen) atoms. The predicted octanol–water partition coefficient (Wildman–Crippen LogP) is 0.724. The number of hydrogen-bond acceptors (Lipinski definition) is 3. The van der Waals surface area contributed by atoms with E-state index in [1.165, 1.54) is 4.90 Å². The first-order chi connectivity index (χ1) is 8.08. The van der Waals surface area contributed by atoms with Gasteiger partial charge in [-0.25, -0.2) is 4.79 Å². The average Bonchev–Trinajstić information content (AvgIpc) is 2.86. The highest BCUT2D eigenvalue weighted by atomic mass is 16.4. The van der Waals surface area contributed by atoms with Crippen LogP contribution < -0.4 is 5.32 Å². The van der Waals surface area contributed by atoms with Crippen LogP contribution in [0.2, 0.25) is 0 Å². The Morgan fingerprint density at radius 2 is 2.00 bits per heavy atom. The van der Waals surface area contributed by atoms with Gasteiger partial charge in [-0.1, -0.05) is 0 Å². The molecule has 0 radical (unpaired) electrons. The van der Waals surface area contributed by atoms with Crippen molar-refractivity contribution < 1.29 is 19.8 Å². The van der Waals surface area contributed by atoms with Gasteiger partial charge in [-0.15, -0.1) is 0 Å². The van der Waals surface area contributed by atoms with Crippen LogP contribution in [0.5, 0.6) is 0 Å². The quantitative estimate of drug-likeness (QED) is 0.678. The van der Waals surface area contributed by atoms with Gasteiger partial charge in [-0.3, -0.25) is 4.79 Å². The van der Waals surface area contributed by atoms with Gasteiger partial charge in [0.25, 0.3) is 0 Å². The summed E-state index contributed by atoms with van der Waals surface area (Å²) < 4.78 is 0. The maximum Gasteiger partial charge on any atom is 0.407 e. The molecule has 3 atom stereocenters. The molecule has 1 unspecified atom stereocenters. The summed E-state index contributed by atoms with van der Waals surface area (Å²) in [5.41, 5.74) is 0. The van der Waals surface area contributed by atoms with E-state index >= 15 is 0 Å². The Hall–Kier alpha value is -1.30. The van der Waals surface area contributed by atoms with E-state index < -0.39 is 18.1 Å². The van der Waals surface area contributed by atoms with Gasteiger partial charge >= 0.3 is 12.1 Å². The molecule has 0 spiro atoms. The molecular formula is C11H18N2O4. The largest absolute Gasteiger partial charge is 0.480 e. The molecule has 6 heteroatoms. The highest BCUT2D eigenvalue weighted by Gasteiger charge is 2.34. The molecule has 3 N–H and O–H groups in total. The molecule has 0 aromatic heterocycles. The first-order valence-electron chi connectivity index (χ1n) is 6.06. The Balaban J connectivity index is 1.85. The molecule has 96 valence electrons. The molecule has 0 aromatic rings. The van der Waals surface area contributed by atoms with Crippen molar-refractivity contribution in [2.75, 3.05) is 6.54 Å². The van der Waals surface area contributed by atoms with E-state index in [0.29, 0.717) is 13.0 Å². The first-order valence-corrected chi connectivity index (χ1v) is 6.06. The number of rotatable bonds is 3. The molecule has 2 fully saturated rings. The van der Waals surface area contributed by atoms with Crippen molar-refractivity contribution in [3.8, 4) is 0 Å². The Morgan fingerprint density at radius 1 is 1.24 bits per heavy atom. The summed E-state index contributed by atoms with van der Waals surface area (Å²) in [6.45, 7) is 0.606. The third-order valence-electron chi connectivity index (χ3n) is 3.72. The van der Waals surface area contributed by atoms with Gasteiger partial charge in [0.15, 0.2) is 0 Å². The minimum Gasteiger partial charge on any atom is -0.480 e. The molecule has 0 bridgehead atoms. The van der Waals surface area contributed by atoms with Crippen LogP contribution in [-0.2, 0) is 4.79 Å². The lowest BCUT2D eigenvalue weighted by Crippen LogP contribution is -2.41. The summed E-state index contributed by atoms with van der Waals surface area (Å²) >= 11 is 0. The number of aliphatic carboxylic acids is 1. The molecular weight excluding hydrogens is 224 g/mol. The van der Waals surface area contributed by atoms with Crippen LogP contribution in [0.1, 0.15) is 32.1 Å². The fraction of sp³-hybridized carbons (Fsp3) is 0.818. The van der Waals surface area contributed by atoms with Crippen LogP contribution >= 0.6 is 0 Å². The van der Waals surface area contributed by atoms with Crippen LogP contribution in [0.4, 0.5) is 4.79 Å². The van der Waals surface area contributed by atoms with Crippen molar-refractivity contribution in [3.63, 3.8) is 0 Å². The van der Waals surface area contributed by atoms with E-state index in [2.05, 4.69) is 5.32 Å². The Bertz CT molecular complexity index is 321. The molecule has 0 saturated carbocycles. The van der Waals surface area contributed by atoms with Crippen LogP contribution in [0, 0.1) is 0 Å². The van der Waals surface area contributed by atoms with Crippen molar-refractivity contribution in [1.82, 2.24) is 10.2 Å². The molecule has 1 amide bonds. The molecule has 6 nitrogen and oxygen atoms in total. The van der Waals surface area contributed by atoms with Gasteiger partial charge < -0.3 is 20.4 Å². The molecule has 0 aromatic carbocycles. The first kappa shape index (κ1) is 12.2. The molecule has 0 aliphatic carbocycles. The average molecular weight is 242 g/mol. The van der Waals surface area contributed by atoms with Crippen LogP contribution in [0.15, 0.2) is 0 Å². The molecule has 2 rings (SSSR count). The fourth-order valence-electron chi connectivity index (χ4n) is 2.86. The highest BCUT2D eigenvalue weighted by molar-refractivity contribution is 5.73. The number of carboxylic acids is 1. The van der Waals surface area contributed by atoms with Crippen LogP contribution in [0.3, 0.4) is 0 Å². The Kier molecular flexibility index (Phi) is 3.51. The summed E-state index contributed by atoms with van der Waals surface area (Å²) in [5, 5.41) is 20.9. The number of nitrogens with one attached hydrogen (secondary N) is 1. The van der Waals surface area contributed by atoms with E-state index in [0.717, 1.165) is 25.7 Å². The predicted molar refractivity (Wildman–Crippen MR) is 60.0 cm³/mol. The Morgan fingerprint density at radius 3 is 2.59 bits per heavy atom. The van der Waals surface area contributed by atoms with Crippen molar-refractivity contribution >= 4 is 12.1 Å². The van der Waals surface area contributed by atoms with Crippen LogP contribution in [-0.4, -0.2) is 51.8 Å². The molecule has 2 saturated heterocycles. The van der Waals surface area contributed by atoms with E-state index in [9.17, 15) is 9.59 Å². The summed E-state index contributed by atoms with van der Waals surface area (Å²) in [6.07, 6.45) is 3.13. The van der Waals surface area contributed by atoms with E-state index in [1.807, 2.05) is 0 Å². The number of nitrogens with zero attached hydrogens (tertiary/aromatic N) is 1. The SMILES string of the molecule is O=C(O)[C@@H]1CCC(C[C@@H]2CCCN2C(=O)O)N1. The number of likely N-dealkylation sites (tertiary alicyclic amines) is 1. The van der Waals surface area contributed by atoms with Crippen molar-refractivity contribution in [1.29, 1.82) is 0 Å². The second-order valence-corrected chi connectivity index (χ2v) is 4.84. The Labute approximate surface area is 99.6 Å². The maximum atomic E-state index is 11.0. The zero-order valence-electron chi connectivity index (χ0n) is 9.63. The second kappa shape index (κ2) is 4.91. The molecule has 2 aliphatic rings. The van der Waals surface area contributed by atoms with Gasteiger partial charge in [-0.05, 0) is 32.1 Å². The standard InChI is InChI=1S/C11H18N2O4/c14-10(15)9-4-3-7(12-9)6-8-2-1-5-13(8)11(16)17/h7-9,12H,1-6H2,(H,14,15)(H,16,17)/t7?,8-,9-/m0/s1. The van der Waals surface area contributed by atoms with Gasteiger partial charge in [0.05, 0.1) is 0 Å². The normalized spacial score (nSPS) is 32.9. The summed E-state index contributed by atoms with van der Waals surface area (Å²) in [5.74, 6) is -0.811. The monoisotopic (exact) mass is 242 g/mol. The lowest BCUT2D eigenvalue weighted by Gasteiger charge is -2.24. The number of carboxylic acid groups (broad SMARTS) is 2. The minimum atomic E-state index is -0.861. The maximum absolute atomic E-state index is 11.0. The highest BCUT2D eigenvalue weighted by Crippen LogP contribution is 2.25. The number of amides is 1. The van der Waals surface area contributed by atoms with Crippen molar-refractivity contribution in [2.24, 2.45) is 0 Å². The lowest BCUT2D eigenvalue weighted by atomic mass is 10.0. The summed E-state index contributed by atoms with van der Waals surface area (Å²) in [4.78, 5) is 23.2.